The standard InChI is InChI=1S/C15H16ClP/c1-2-13-17(16,14-9-5-3-6-10-14)15-11-7-4-8-12-15/h3-13H,2H2,1H3. The first-order valence-electron chi connectivity index (χ1n) is 5.81. The van der Waals surface area contributed by atoms with Crippen LogP contribution in [0.25, 0.3) is 0 Å². The highest BCUT2D eigenvalue weighted by Crippen LogP contribution is 2.50. The van der Waals surface area contributed by atoms with Crippen LogP contribution in [0.15, 0.2) is 60.7 Å². The Morgan fingerprint density at radius 3 is 1.65 bits per heavy atom. The fourth-order valence-corrected chi connectivity index (χ4v) is 5.43. The van der Waals surface area contributed by atoms with Crippen molar-refractivity contribution in [3.8, 4) is 0 Å². The minimum atomic E-state index is -1.83. The molecule has 0 aliphatic rings. The predicted molar refractivity (Wildman–Crippen MR) is 81.3 cm³/mol. The molecule has 0 N–H and O–H groups in total. The van der Waals surface area contributed by atoms with Gasteiger partial charge in [0.15, 0.2) is 0 Å². The molecule has 2 aromatic rings. The Morgan fingerprint density at radius 2 is 1.29 bits per heavy atom. The van der Waals surface area contributed by atoms with Crippen LogP contribution in [0.5, 0.6) is 0 Å². The SMILES string of the molecule is CCC=P(Cl)(c1ccccc1)c1ccccc1. The van der Waals surface area contributed by atoms with E-state index < -0.39 is 6.24 Å². The van der Waals surface area contributed by atoms with Gasteiger partial charge in [0.1, 0.15) is 0 Å². The molecule has 2 heteroatoms. The van der Waals surface area contributed by atoms with E-state index in [-0.39, 0.29) is 0 Å². The molecule has 0 fully saturated rings. The first kappa shape index (κ1) is 12.5. The van der Waals surface area contributed by atoms with E-state index in [4.69, 9.17) is 11.2 Å². The molecule has 0 aromatic heterocycles. The lowest BCUT2D eigenvalue weighted by atomic mass is 10.4. The van der Waals surface area contributed by atoms with E-state index in [2.05, 4.69) is 61.3 Å². The highest BCUT2D eigenvalue weighted by Gasteiger charge is 2.17. The fraction of sp³-hybridized carbons (Fsp3) is 0.133. The van der Waals surface area contributed by atoms with Gasteiger partial charge < -0.3 is 0 Å². The van der Waals surface area contributed by atoms with Gasteiger partial charge in [0, 0.05) is 6.24 Å². The molecule has 17 heavy (non-hydrogen) atoms. The zero-order valence-electron chi connectivity index (χ0n) is 9.88. The van der Waals surface area contributed by atoms with Crippen molar-refractivity contribution in [1.29, 1.82) is 0 Å². The monoisotopic (exact) mass is 262 g/mol. The average Bonchev–Trinajstić information content (AvgIpc) is 2.41. The predicted octanol–water partition coefficient (Wildman–Crippen LogP) is 4.02. The lowest BCUT2D eigenvalue weighted by Crippen LogP contribution is -2.13. The van der Waals surface area contributed by atoms with E-state index >= 15 is 0 Å². The van der Waals surface area contributed by atoms with E-state index in [1.54, 1.807) is 0 Å². The number of halogens is 1. The molecule has 0 aliphatic heterocycles. The summed E-state index contributed by atoms with van der Waals surface area (Å²) in [4.78, 5) is 0. The summed E-state index contributed by atoms with van der Waals surface area (Å²) >= 11 is 6.95. The van der Waals surface area contributed by atoms with Gasteiger partial charge in [-0.3, -0.25) is 0 Å². The van der Waals surface area contributed by atoms with Crippen molar-refractivity contribution in [2.24, 2.45) is 0 Å². The molecular formula is C15H16ClP. The van der Waals surface area contributed by atoms with Gasteiger partial charge in [-0.25, -0.2) is 0 Å². The van der Waals surface area contributed by atoms with Crippen LogP contribution in [0.4, 0.5) is 0 Å². The lowest BCUT2D eigenvalue weighted by molar-refractivity contribution is 1.35. The minimum absolute atomic E-state index is 0.987. The van der Waals surface area contributed by atoms with Crippen molar-refractivity contribution in [2.45, 2.75) is 13.3 Å². The van der Waals surface area contributed by atoms with Gasteiger partial charge in [0.05, 0.1) is 0 Å². The quantitative estimate of drug-likeness (QED) is 0.733. The Hall–Kier alpha value is -0.970. The lowest BCUT2D eigenvalue weighted by Gasteiger charge is -2.19. The van der Waals surface area contributed by atoms with Crippen LogP contribution in [-0.4, -0.2) is 5.80 Å². The summed E-state index contributed by atoms with van der Waals surface area (Å²) in [5.74, 6) is 2.26. The van der Waals surface area contributed by atoms with E-state index in [1.807, 2.05) is 12.1 Å². The molecule has 2 aromatic carbocycles. The number of hydrogen-bond donors (Lipinski definition) is 0. The maximum atomic E-state index is 6.95. The van der Waals surface area contributed by atoms with Gasteiger partial charge in [0.25, 0.3) is 0 Å². The number of benzene rings is 2. The fourth-order valence-electron chi connectivity index (χ4n) is 1.90. The maximum absolute atomic E-state index is 6.95. The third-order valence-corrected chi connectivity index (χ3v) is 7.25. The summed E-state index contributed by atoms with van der Waals surface area (Å²) in [6, 6.07) is 20.8. The summed E-state index contributed by atoms with van der Waals surface area (Å²) in [7, 11) is 0. The molecule has 0 spiro atoms. The van der Waals surface area contributed by atoms with Crippen LogP contribution in [0.2, 0.25) is 0 Å². The molecule has 0 saturated carbocycles. The van der Waals surface area contributed by atoms with E-state index in [1.165, 1.54) is 10.6 Å². The van der Waals surface area contributed by atoms with Gasteiger partial charge >= 0.3 is 0 Å². The molecule has 0 radical (unpaired) electrons. The van der Waals surface area contributed by atoms with E-state index in [0.717, 1.165) is 6.42 Å². The highest BCUT2D eigenvalue weighted by molar-refractivity contribution is 8.08. The van der Waals surface area contributed by atoms with Gasteiger partial charge in [-0.15, -0.1) is 0 Å². The van der Waals surface area contributed by atoms with Gasteiger partial charge in [0.2, 0.25) is 0 Å². The smallest absolute Gasteiger partial charge is 0.0299 e. The second-order valence-electron chi connectivity index (χ2n) is 3.90. The number of hydrogen-bond acceptors (Lipinski definition) is 0. The zero-order chi connectivity index (χ0) is 12.1. The molecule has 0 heterocycles. The van der Waals surface area contributed by atoms with Crippen molar-refractivity contribution in [3.63, 3.8) is 0 Å². The van der Waals surface area contributed by atoms with E-state index in [9.17, 15) is 0 Å². The Labute approximate surface area is 108 Å². The second-order valence-corrected chi connectivity index (χ2v) is 8.17. The molecule has 0 amide bonds. The molecule has 0 aliphatic carbocycles. The van der Waals surface area contributed by atoms with Gasteiger partial charge in [-0.2, -0.15) is 0 Å². The topological polar surface area (TPSA) is 0 Å². The van der Waals surface area contributed by atoms with Crippen LogP contribution in [0.3, 0.4) is 0 Å². The van der Waals surface area contributed by atoms with Gasteiger partial charge in [-0.05, 0) is 17.0 Å². The number of rotatable bonds is 3. The Morgan fingerprint density at radius 1 is 0.882 bits per heavy atom. The van der Waals surface area contributed by atoms with Crippen molar-refractivity contribution in [3.05, 3.63) is 60.7 Å². The zero-order valence-corrected chi connectivity index (χ0v) is 11.5. The van der Waals surface area contributed by atoms with Gasteiger partial charge in [-0.1, -0.05) is 84.6 Å². The second kappa shape index (κ2) is 5.58. The minimum Gasteiger partial charge on any atom is -0.0881 e. The summed E-state index contributed by atoms with van der Waals surface area (Å²) in [6.07, 6.45) is -0.840. The van der Waals surface area contributed by atoms with Crippen molar-refractivity contribution >= 4 is 33.9 Å². The third-order valence-electron chi connectivity index (χ3n) is 2.70. The Balaban J connectivity index is 2.60. The van der Waals surface area contributed by atoms with Crippen LogP contribution in [0.1, 0.15) is 13.3 Å². The molecule has 0 nitrogen and oxygen atoms in total. The molecular weight excluding hydrogens is 247 g/mol. The first-order valence-corrected chi connectivity index (χ1v) is 8.57. The largest absolute Gasteiger partial charge is 0.0881 e. The molecule has 0 unspecified atom stereocenters. The average molecular weight is 263 g/mol. The summed E-state index contributed by atoms with van der Waals surface area (Å²) in [5, 5.41) is 2.46. The summed E-state index contributed by atoms with van der Waals surface area (Å²) < 4.78 is 0. The Kier molecular flexibility index (Phi) is 4.10. The van der Waals surface area contributed by atoms with Crippen LogP contribution in [0, 0.1) is 0 Å². The summed E-state index contributed by atoms with van der Waals surface area (Å²) in [6.45, 7) is 2.14. The van der Waals surface area contributed by atoms with Crippen LogP contribution >= 0.6 is 17.5 Å². The summed E-state index contributed by atoms with van der Waals surface area (Å²) in [5.41, 5.74) is 0. The van der Waals surface area contributed by atoms with Crippen molar-refractivity contribution < 1.29 is 0 Å². The van der Waals surface area contributed by atoms with E-state index in [0.29, 0.717) is 0 Å². The van der Waals surface area contributed by atoms with Crippen molar-refractivity contribution in [1.82, 2.24) is 0 Å². The molecule has 88 valence electrons. The first-order chi connectivity index (χ1) is 8.27. The normalized spacial score (nSPS) is 11.2. The molecule has 0 bridgehead atoms. The molecule has 2 rings (SSSR count). The highest BCUT2D eigenvalue weighted by atomic mass is 35.7. The molecule has 0 saturated heterocycles. The van der Waals surface area contributed by atoms with Crippen LogP contribution < -0.4 is 10.6 Å². The maximum Gasteiger partial charge on any atom is 0.0299 e. The molecule has 0 atom stereocenters. The van der Waals surface area contributed by atoms with Crippen LogP contribution in [-0.2, 0) is 0 Å². The Bertz CT molecular complexity index is 474. The third kappa shape index (κ3) is 2.65. The van der Waals surface area contributed by atoms with Crippen molar-refractivity contribution in [2.75, 3.05) is 0 Å².